The number of benzene rings is 2. The molecule has 0 saturated carbocycles. The zero-order valence-corrected chi connectivity index (χ0v) is 17.3. The predicted molar refractivity (Wildman–Crippen MR) is 116 cm³/mol. The second-order valence-corrected chi connectivity index (χ2v) is 7.50. The number of furan rings is 1. The van der Waals surface area contributed by atoms with Crippen LogP contribution in [0.15, 0.2) is 53.2 Å². The number of hydrogen-bond acceptors (Lipinski definition) is 4. The lowest BCUT2D eigenvalue weighted by Crippen LogP contribution is -2.14. The summed E-state index contributed by atoms with van der Waals surface area (Å²) in [5.41, 5.74) is 1.96. The summed E-state index contributed by atoms with van der Waals surface area (Å²) in [5.74, 6) is 0.244. The monoisotopic (exact) mass is 428 g/mol. The first kappa shape index (κ1) is 19.6. The Balaban J connectivity index is 1.86. The molecule has 0 aliphatic carbocycles. The van der Waals surface area contributed by atoms with E-state index in [0.29, 0.717) is 33.6 Å². The van der Waals surface area contributed by atoms with Crippen molar-refractivity contribution in [2.24, 2.45) is 0 Å². The maximum Gasteiger partial charge on any atom is 0.256 e. The maximum absolute atomic E-state index is 13.1. The maximum atomic E-state index is 13.1. The van der Waals surface area contributed by atoms with Crippen LogP contribution in [0.2, 0.25) is 10.0 Å². The van der Waals surface area contributed by atoms with Crippen molar-refractivity contribution in [2.75, 3.05) is 5.32 Å². The van der Waals surface area contributed by atoms with Crippen LogP contribution >= 0.6 is 23.2 Å². The third-order valence-electron chi connectivity index (χ3n) is 4.73. The molecule has 1 amide bonds. The van der Waals surface area contributed by atoms with Gasteiger partial charge in [0, 0.05) is 23.2 Å². The molecule has 0 aliphatic rings. The van der Waals surface area contributed by atoms with Crippen molar-refractivity contribution in [1.29, 1.82) is 0 Å². The molecule has 1 unspecified atom stereocenters. The summed E-state index contributed by atoms with van der Waals surface area (Å²) >= 11 is 12.3. The smallest absolute Gasteiger partial charge is 0.256 e. The Morgan fingerprint density at radius 1 is 1.17 bits per heavy atom. The fourth-order valence-corrected chi connectivity index (χ4v) is 3.56. The van der Waals surface area contributed by atoms with Crippen LogP contribution in [0.5, 0.6) is 5.75 Å². The Morgan fingerprint density at radius 2 is 1.90 bits per heavy atom. The summed E-state index contributed by atoms with van der Waals surface area (Å²) in [7, 11) is 0. The number of rotatable bonds is 5. The van der Waals surface area contributed by atoms with E-state index < -0.39 is 0 Å². The molecular weight excluding hydrogens is 411 g/mol. The zero-order chi connectivity index (χ0) is 20.5. The van der Waals surface area contributed by atoms with Crippen molar-refractivity contribution < 1.29 is 13.9 Å². The lowest BCUT2D eigenvalue weighted by Gasteiger charge is -2.14. The van der Waals surface area contributed by atoms with E-state index >= 15 is 0 Å². The van der Waals surface area contributed by atoms with Crippen molar-refractivity contribution in [3.63, 3.8) is 0 Å². The van der Waals surface area contributed by atoms with Crippen molar-refractivity contribution in [1.82, 2.24) is 4.98 Å². The number of pyridine rings is 1. The summed E-state index contributed by atoms with van der Waals surface area (Å²) in [4.78, 5) is 17.0. The fraction of sp³-hybridized carbons (Fsp3) is 0.182. The molecule has 5 nitrogen and oxygen atoms in total. The molecule has 0 saturated heterocycles. The zero-order valence-electron chi connectivity index (χ0n) is 15.8. The van der Waals surface area contributed by atoms with Crippen LogP contribution in [0, 0.1) is 0 Å². The van der Waals surface area contributed by atoms with Crippen LogP contribution < -0.4 is 10.1 Å². The summed E-state index contributed by atoms with van der Waals surface area (Å²) in [5, 5.41) is 4.82. The molecule has 4 rings (SSSR count). The second kappa shape index (κ2) is 7.93. The van der Waals surface area contributed by atoms with Crippen LogP contribution in [0.25, 0.3) is 21.9 Å². The van der Waals surface area contributed by atoms with Gasteiger partial charge in [-0.15, -0.1) is 0 Å². The van der Waals surface area contributed by atoms with Crippen molar-refractivity contribution in [2.45, 2.75) is 26.4 Å². The normalized spacial score (nSPS) is 12.3. The molecule has 2 aromatic heterocycles. The molecule has 0 aliphatic heterocycles. The standard InChI is InChI=1S/C22H18Cl2N2O3/c1-3-12(2)28-18-9-8-14(19-13-6-4-5-7-17(13)29-21(18)19)22(27)26-20-15(23)10-25-11-16(20)24/h4-12H,3H2,1-2H3,(H,25,26,27). The molecule has 0 spiro atoms. The van der Waals surface area contributed by atoms with Gasteiger partial charge in [-0.1, -0.05) is 48.3 Å². The van der Waals surface area contributed by atoms with E-state index in [-0.39, 0.29) is 22.1 Å². The third kappa shape index (κ3) is 3.63. The first-order chi connectivity index (χ1) is 14.0. The highest BCUT2D eigenvalue weighted by Crippen LogP contribution is 2.38. The number of anilines is 1. The van der Waals surface area contributed by atoms with Gasteiger partial charge in [-0.2, -0.15) is 0 Å². The minimum absolute atomic E-state index is 0.0144. The van der Waals surface area contributed by atoms with Gasteiger partial charge < -0.3 is 14.5 Å². The quantitative estimate of drug-likeness (QED) is 0.383. The van der Waals surface area contributed by atoms with Crippen LogP contribution in [0.1, 0.15) is 30.6 Å². The van der Waals surface area contributed by atoms with Crippen LogP contribution in [-0.2, 0) is 0 Å². The van der Waals surface area contributed by atoms with Gasteiger partial charge in [0.25, 0.3) is 5.91 Å². The number of halogens is 2. The number of nitrogens with zero attached hydrogens (tertiary/aromatic N) is 1. The number of carbonyl (C=O) groups excluding carboxylic acids is 1. The van der Waals surface area contributed by atoms with Gasteiger partial charge in [-0.3, -0.25) is 9.78 Å². The van der Waals surface area contributed by atoms with E-state index in [0.717, 1.165) is 11.8 Å². The highest BCUT2D eigenvalue weighted by molar-refractivity contribution is 6.40. The highest BCUT2D eigenvalue weighted by Gasteiger charge is 2.21. The first-order valence-electron chi connectivity index (χ1n) is 9.20. The van der Waals surface area contributed by atoms with Crippen molar-refractivity contribution >= 4 is 56.7 Å². The third-order valence-corrected chi connectivity index (χ3v) is 5.30. The number of ether oxygens (including phenoxy) is 1. The van der Waals surface area contributed by atoms with Gasteiger partial charge >= 0.3 is 0 Å². The summed E-state index contributed by atoms with van der Waals surface area (Å²) in [6.45, 7) is 4.03. The largest absolute Gasteiger partial charge is 0.487 e. The number of hydrogen-bond donors (Lipinski definition) is 1. The Labute approximate surface area is 177 Å². The highest BCUT2D eigenvalue weighted by atomic mass is 35.5. The average molecular weight is 429 g/mol. The topological polar surface area (TPSA) is 64.4 Å². The minimum Gasteiger partial charge on any atom is -0.487 e. The van der Waals surface area contributed by atoms with Gasteiger partial charge in [0.2, 0.25) is 0 Å². The van der Waals surface area contributed by atoms with Crippen molar-refractivity contribution in [3.05, 3.63) is 64.4 Å². The molecule has 29 heavy (non-hydrogen) atoms. The summed E-state index contributed by atoms with van der Waals surface area (Å²) < 4.78 is 12.1. The molecule has 2 heterocycles. The number of nitrogens with one attached hydrogen (secondary N) is 1. The molecule has 1 atom stereocenters. The average Bonchev–Trinajstić information content (AvgIpc) is 3.11. The minimum atomic E-state index is -0.355. The Kier molecular flexibility index (Phi) is 5.35. The molecule has 2 aromatic carbocycles. The van der Waals surface area contributed by atoms with E-state index in [4.69, 9.17) is 32.4 Å². The predicted octanol–water partition coefficient (Wildman–Crippen LogP) is 6.72. The van der Waals surface area contributed by atoms with Crippen LogP contribution in [0.3, 0.4) is 0 Å². The molecule has 4 aromatic rings. The molecule has 0 fully saturated rings. The van der Waals surface area contributed by atoms with Gasteiger partial charge in [-0.05, 0) is 31.5 Å². The fourth-order valence-electron chi connectivity index (χ4n) is 3.10. The van der Waals surface area contributed by atoms with E-state index in [2.05, 4.69) is 10.3 Å². The van der Waals surface area contributed by atoms with E-state index in [9.17, 15) is 4.79 Å². The molecular formula is C22H18Cl2N2O3. The lowest BCUT2D eigenvalue weighted by molar-refractivity contribution is 0.102. The summed E-state index contributed by atoms with van der Waals surface area (Å²) in [6.07, 6.45) is 3.72. The number of para-hydroxylation sites is 1. The number of fused-ring (bicyclic) bond motifs is 3. The Bertz CT molecular complexity index is 1200. The molecule has 0 radical (unpaired) electrons. The van der Waals surface area contributed by atoms with Crippen molar-refractivity contribution in [3.8, 4) is 5.75 Å². The lowest BCUT2D eigenvalue weighted by atomic mass is 10.0. The Hall–Kier alpha value is -2.76. The second-order valence-electron chi connectivity index (χ2n) is 6.68. The SMILES string of the molecule is CCC(C)Oc1ccc(C(=O)Nc2c(Cl)cncc2Cl)c2c1oc1ccccc12. The van der Waals surface area contributed by atoms with E-state index in [1.54, 1.807) is 12.1 Å². The number of amides is 1. The van der Waals surface area contributed by atoms with Crippen LogP contribution in [0.4, 0.5) is 5.69 Å². The van der Waals surface area contributed by atoms with Gasteiger partial charge in [0.05, 0.1) is 27.4 Å². The Morgan fingerprint density at radius 3 is 2.62 bits per heavy atom. The first-order valence-corrected chi connectivity index (χ1v) is 9.96. The van der Waals surface area contributed by atoms with Gasteiger partial charge in [0.15, 0.2) is 11.3 Å². The molecule has 0 bridgehead atoms. The van der Waals surface area contributed by atoms with Gasteiger partial charge in [0.1, 0.15) is 5.58 Å². The number of aromatic nitrogens is 1. The van der Waals surface area contributed by atoms with Gasteiger partial charge in [-0.25, -0.2) is 0 Å². The molecule has 1 N–H and O–H groups in total. The molecule has 7 heteroatoms. The van der Waals surface area contributed by atoms with E-state index in [1.807, 2.05) is 38.1 Å². The van der Waals surface area contributed by atoms with E-state index in [1.165, 1.54) is 12.4 Å². The molecule has 148 valence electrons. The number of carbonyl (C=O) groups is 1. The summed E-state index contributed by atoms with van der Waals surface area (Å²) in [6, 6.07) is 11.0. The van der Waals surface area contributed by atoms with Crippen LogP contribution in [-0.4, -0.2) is 17.0 Å².